The molecule has 182 valence electrons. The van der Waals surface area contributed by atoms with E-state index in [9.17, 15) is 4.79 Å². The van der Waals surface area contributed by atoms with Crippen LogP contribution in [0.5, 0.6) is 0 Å². The highest BCUT2D eigenvalue weighted by Crippen LogP contribution is 2.42. The molecule has 2 fully saturated rings. The maximum absolute atomic E-state index is 13.3. The zero-order chi connectivity index (χ0) is 23.3. The van der Waals surface area contributed by atoms with Crippen molar-refractivity contribution in [2.75, 3.05) is 69.2 Å². The summed E-state index contributed by atoms with van der Waals surface area (Å²) in [6.07, 6.45) is 13.8. The van der Waals surface area contributed by atoms with Gasteiger partial charge in [-0.3, -0.25) is 14.7 Å². The van der Waals surface area contributed by atoms with Crippen LogP contribution >= 0.6 is 11.8 Å². The molecule has 3 aliphatic heterocycles. The van der Waals surface area contributed by atoms with Crippen LogP contribution in [0.2, 0.25) is 0 Å². The molecule has 2 saturated heterocycles. The third-order valence-electron chi connectivity index (χ3n) is 6.99. The number of thioether (sulfide) groups is 1. The van der Waals surface area contributed by atoms with E-state index in [0.29, 0.717) is 5.92 Å². The van der Waals surface area contributed by atoms with Gasteiger partial charge in [-0.1, -0.05) is 31.2 Å². The second kappa shape index (κ2) is 11.1. The maximum atomic E-state index is 13.3. The summed E-state index contributed by atoms with van der Waals surface area (Å²) in [5.41, 5.74) is 3.12. The highest BCUT2D eigenvalue weighted by Gasteiger charge is 2.33. The van der Waals surface area contributed by atoms with E-state index in [1.165, 1.54) is 10.5 Å². The SMILES string of the molecule is CC1C=C(C2=CCC(CN3CCOCC3)C=C2)SC1C(=O)Nc1cnccc1N1CCNCC1. The van der Waals surface area contributed by atoms with Crippen LogP contribution in [0.15, 0.2) is 53.2 Å². The number of hydrogen-bond donors (Lipinski definition) is 2. The molecule has 1 aliphatic carbocycles. The van der Waals surface area contributed by atoms with Gasteiger partial charge in [-0.05, 0) is 29.9 Å². The van der Waals surface area contributed by atoms with Gasteiger partial charge >= 0.3 is 0 Å². The lowest BCUT2D eigenvalue weighted by atomic mass is 9.95. The van der Waals surface area contributed by atoms with Crippen molar-refractivity contribution in [1.82, 2.24) is 15.2 Å². The average molecular weight is 482 g/mol. The Morgan fingerprint density at radius 3 is 2.85 bits per heavy atom. The molecule has 0 bridgehead atoms. The number of pyridine rings is 1. The molecule has 5 rings (SSSR count). The van der Waals surface area contributed by atoms with Gasteiger partial charge in [-0.25, -0.2) is 0 Å². The van der Waals surface area contributed by atoms with Crippen molar-refractivity contribution < 1.29 is 9.53 Å². The molecule has 0 spiro atoms. The lowest BCUT2D eigenvalue weighted by molar-refractivity contribution is -0.116. The number of nitrogens with zero attached hydrogens (tertiary/aromatic N) is 3. The minimum absolute atomic E-state index is 0.0544. The molecule has 7 nitrogen and oxygen atoms in total. The van der Waals surface area contributed by atoms with E-state index in [-0.39, 0.29) is 17.1 Å². The van der Waals surface area contributed by atoms with Crippen molar-refractivity contribution in [2.45, 2.75) is 18.6 Å². The number of carbonyl (C=O) groups excluding carboxylic acids is 1. The molecule has 0 aromatic carbocycles. The van der Waals surface area contributed by atoms with Crippen molar-refractivity contribution in [3.05, 3.63) is 53.2 Å². The first-order valence-corrected chi connectivity index (χ1v) is 13.3. The van der Waals surface area contributed by atoms with Crippen LogP contribution in [-0.2, 0) is 9.53 Å². The molecule has 3 unspecified atom stereocenters. The van der Waals surface area contributed by atoms with E-state index in [0.717, 1.165) is 76.8 Å². The Bertz CT molecular complexity index is 966. The maximum Gasteiger partial charge on any atom is 0.238 e. The van der Waals surface area contributed by atoms with E-state index in [1.54, 1.807) is 24.2 Å². The van der Waals surface area contributed by atoms with Crippen LogP contribution in [0.4, 0.5) is 11.4 Å². The zero-order valence-corrected chi connectivity index (χ0v) is 20.7. The fourth-order valence-corrected chi connectivity index (χ4v) is 6.35. The van der Waals surface area contributed by atoms with Gasteiger partial charge < -0.3 is 20.3 Å². The number of piperazine rings is 1. The summed E-state index contributed by atoms with van der Waals surface area (Å²) in [5, 5.41) is 6.43. The molecule has 8 heteroatoms. The number of anilines is 2. The third kappa shape index (κ3) is 5.57. The lowest BCUT2D eigenvalue weighted by Crippen LogP contribution is -2.44. The number of hydrogen-bond acceptors (Lipinski definition) is 7. The summed E-state index contributed by atoms with van der Waals surface area (Å²) in [5.74, 6) is 0.790. The standard InChI is InChI=1S/C26H35N5O2S/c1-19-16-24(21-4-2-20(3-5-21)18-30-12-14-33-15-13-30)34-25(19)26(32)29-22-17-28-7-6-23(22)31-10-8-27-9-11-31/h2,4-7,16-17,19-20,25,27H,3,8-15,18H2,1H3,(H,29,32). The first-order chi connectivity index (χ1) is 16.7. The molecule has 0 radical (unpaired) electrons. The Labute approximate surface area is 206 Å². The molecule has 1 aromatic heterocycles. The molecule has 3 atom stereocenters. The lowest BCUT2D eigenvalue weighted by Gasteiger charge is -2.31. The van der Waals surface area contributed by atoms with E-state index in [1.807, 2.05) is 6.07 Å². The van der Waals surface area contributed by atoms with Gasteiger partial charge in [-0.2, -0.15) is 0 Å². The minimum atomic E-state index is -0.133. The summed E-state index contributed by atoms with van der Waals surface area (Å²) in [7, 11) is 0. The van der Waals surface area contributed by atoms with Crippen molar-refractivity contribution >= 4 is 29.0 Å². The molecule has 1 aromatic rings. The number of nitrogens with one attached hydrogen (secondary N) is 2. The smallest absolute Gasteiger partial charge is 0.238 e. The third-order valence-corrected chi connectivity index (χ3v) is 8.51. The molecular formula is C26H35N5O2S. The predicted molar refractivity (Wildman–Crippen MR) is 139 cm³/mol. The monoisotopic (exact) mass is 481 g/mol. The van der Waals surface area contributed by atoms with Crippen LogP contribution in [0.3, 0.4) is 0 Å². The van der Waals surface area contributed by atoms with Crippen molar-refractivity contribution in [3.63, 3.8) is 0 Å². The van der Waals surface area contributed by atoms with Crippen LogP contribution in [-0.4, -0.2) is 80.1 Å². The van der Waals surface area contributed by atoms with Gasteiger partial charge in [0.05, 0.1) is 36.0 Å². The van der Waals surface area contributed by atoms with Gasteiger partial charge in [0.2, 0.25) is 5.91 Å². The molecule has 0 saturated carbocycles. The van der Waals surface area contributed by atoms with Gasteiger partial charge in [0.25, 0.3) is 0 Å². The topological polar surface area (TPSA) is 69.7 Å². The average Bonchev–Trinajstić information content (AvgIpc) is 3.28. The summed E-state index contributed by atoms with van der Waals surface area (Å²) in [4.78, 5) is 23.6. The Balaban J connectivity index is 1.18. The van der Waals surface area contributed by atoms with E-state index >= 15 is 0 Å². The van der Waals surface area contributed by atoms with Crippen LogP contribution in [0, 0.1) is 11.8 Å². The molecule has 1 amide bonds. The normalized spacial score (nSPS) is 27.9. The van der Waals surface area contributed by atoms with Crippen molar-refractivity contribution in [3.8, 4) is 0 Å². The Hall–Kier alpha value is -2.13. The Kier molecular flexibility index (Phi) is 7.69. The van der Waals surface area contributed by atoms with E-state index in [2.05, 4.69) is 56.6 Å². The molecule has 34 heavy (non-hydrogen) atoms. The summed E-state index contributed by atoms with van der Waals surface area (Å²) < 4.78 is 5.46. The molecule has 2 N–H and O–H groups in total. The van der Waals surface area contributed by atoms with Gasteiger partial charge in [0.15, 0.2) is 0 Å². The van der Waals surface area contributed by atoms with Gasteiger partial charge in [0.1, 0.15) is 0 Å². The quantitative estimate of drug-likeness (QED) is 0.648. The number of amides is 1. The first kappa shape index (κ1) is 23.6. The Morgan fingerprint density at radius 1 is 1.26 bits per heavy atom. The highest BCUT2D eigenvalue weighted by atomic mass is 32.2. The fourth-order valence-electron chi connectivity index (χ4n) is 5.03. The second-order valence-electron chi connectivity index (χ2n) is 9.47. The van der Waals surface area contributed by atoms with Gasteiger partial charge in [-0.15, -0.1) is 11.8 Å². The number of aromatic nitrogens is 1. The molecular weight excluding hydrogens is 446 g/mol. The van der Waals surface area contributed by atoms with E-state index in [4.69, 9.17) is 4.74 Å². The van der Waals surface area contributed by atoms with Gasteiger partial charge in [0, 0.05) is 56.9 Å². The number of allylic oxidation sites excluding steroid dienone is 4. The molecule has 4 heterocycles. The largest absolute Gasteiger partial charge is 0.379 e. The summed E-state index contributed by atoms with van der Waals surface area (Å²) in [6, 6.07) is 2.00. The summed E-state index contributed by atoms with van der Waals surface area (Å²) >= 11 is 1.69. The minimum Gasteiger partial charge on any atom is -0.379 e. The van der Waals surface area contributed by atoms with Crippen LogP contribution in [0.25, 0.3) is 0 Å². The van der Waals surface area contributed by atoms with Crippen molar-refractivity contribution in [2.24, 2.45) is 11.8 Å². The van der Waals surface area contributed by atoms with Crippen molar-refractivity contribution in [1.29, 1.82) is 0 Å². The summed E-state index contributed by atoms with van der Waals surface area (Å²) in [6.45, 7) is 10.8. The van der Waals surface area contributed by atoms with E-state index < -0.39 is 0 Å². The first-order valence-electron chi connectivity index (χ1n) is 12.5. The number of carbonyl (C=O) groups is 1. The van der Waals surface area contributed by atoms with Crippen LogP contribution < -0.4 is 15.5 Å². The van der Waals surface area contributed by atoms with Crippen LogP contribution in [0.1, 0.15) is 13.3 Å². The predicted octanol–water partition coefficient (Wildman–Crippen LogP) is 2.90. The number of morpholine rings is 1. The second-order valence-corrected chi connectivity index (χ2v) is 10.7. The fraction of sp³-hybridized carbons (Fsp3) is 0.538. The Morgan fingerprint density at radius 2 is 2.09 bits per heavy atom. The molecule has 4 aliphatic rings. The zero-order valence-electron chi connectivity index (χ0n) is 19.9. The number of rotatable bonds is 6. The highest BCUT2D eigenvalue weighted by molar-refractivity contribution is 8.04. The number of ether oxygens (including phenoxy) is 1.